The van der Waals surface area contributed by atoms with E-state index in [1.54, 1.807) is 19.3 Å². The Morgan fingerprint density at radius 2 is 2.19 bits per heavy atom. The van der Waals surface area contributed by atoms with E-state index in [9.17, 15) is 10.1 Å². The Morgan fingerprint density at radius 3 is 2.86 bits per heavy atom. The first kappa shape index (κ1) is 14.6. The second-order valence-electron chi connectivity index (χ2n) is 4.18. The highest BCUT2D eigenvalue weighted by Gasteiger charge is 2.23. The highest BCUT2D eigenvalue weighted by Crippen LogP contribution is 2.33. The Labute approximate surface area is 121 Å². The van der Waals surface area contributed by atoms with Crippen molar-refractivity contribution in [1.29, 1.82) is 0 Å². The molecule has 8 nitrogen and oxygen atoms in total. The number of aromatic nitrogens is 3. The molecule has 2 aromatic heterocycles. The normalized spacial score (nSPS) is 10.2. The van der Waals surface area contributed by atoms with Crippen molar-refractivity contribution in [3.8, 4) is 17.0 Å². The van der Waals surface area contributed by atoms with Gasteiger partial charge in [0.1, 0.15) is 12.1 Å². The Morgan fingerprint density at radius 1 is 1.38 bits per heavy atom. The van der Waals surface area contributed by atoms with Gasteiger partial charge in [0.2, 0.25) is 5.82 Å². The van der Waals surface area contributed by atoms with Crippen LogP contribution in [0.15, 0.2) is 24.8 Å². The fourth-order valence-corrected chi connectivity index (χ4v) is 1.79. The molecule has 0 saturated carbocycles. The van der Waals surface area contributed by atoms with Crippen molar-refractivity contribution in [2.24, 2.45) is 0 Å². The van der Waals surface area contributed by atoms with Crippen molar-refractivity contribution in [3.63, 3.8) is 0 Å². The van der Waals surface area contributed by atoms with Crippen molar-refractivity contribution < 1.29 is 9.66 Å². The fraction of sp³-hybridized carbons (Fsp3) is 0.308. The van der Waals surface area contributed by atoms with Crippen molar-refractivity contribution in [1.82, 2.24) is 15.0 Å². The third-order valence-corrected chi connectivity index (χ3v) is 2.70. The van der Waals surface area contributed by atoms with Gasteiger partial charge < -0.3 is 10.1 Å². The zero-order chi connectivity index (χ0) is 15.2. The van der Waals surface area contributed by atoms with Crippen LogP contribution in [0.4, 0.5) is 11.5 Å². The van der Waals surface area contributed by atoms with Crippen LogP contribution in [0.5, 0.6) is 5.75 Å². The van der Waals surface area contributed by atoms with Crippen LogP contribution in [0.3, 0.4) is 0 Å². The first-order chi connectivity index (χ1) is 10.2. The van der Waals surface area contributed by atoms with E-state index in [4.69, 9.17) is 4.74 Å². The topological polar surface area (TPSA) is 103 Å². The van der Waals surface area contributed by atoms with Gasteiger partial charge in [0, 0.05) is 18.8 Å². The number of anilines is 1. The number of rotatable bonds is 6. The molecular weight excluding hydrogens is 274 g/mol. The Hall–Kier alpha value is -2.77. The van der Waals surface area contributed by atoms with E-state index >= 15 is 0 Å². The van der Waals surface area contributed by atoms with Crippen LogP contribution in [0, 0.1) is 10.1 Å². The van der Waals surface area contributed by atoms with Crippen LogP contribution >= 0.6 is 0 Å². The van der Waals surface area contributed by atoms with Gasteiger partial charge in [0.25, 0.3) is 0 Å². The van der Waals surface area contributed by atoms with Crippen molar-refractivity contribution >= 4 is 11.5 Å². The summed E-state index contributed by atoms with van der Waals surface area (Å²) in [5, 5.41) is 14.0. The van der Waals surface area contributed by atoms with E-state index in [2.05, 4.69) is 20.3 Å². The second kappa shape index (κ2) is 6.60. The third-order valence-electron chi connectivity index (χ3n) is 2.70. The summed E-state index contributed by atoms with van der Waals surface area (Å²) in [5.41, 5.74) is 0.525. The zero-order valence-electron chi connectivity index (χ0n) is 11.7. The van der Waals surface area contributed by atoms with Crippen molar-refractivity contribution in [2.75, 3.05) is 19.0 Å². The van der Waals surface area contributed by atoms with Gasteiger partial charge in [-0.25, -0.2) is 9.97 Å². The maximum Gasteiger partial charge on any atom is 0.337 e. The fourth-order valence-electron chi connectivity index (χ4n) is 1.79. The predicted molar refractivity (Wildman–Crippen MR) is 77.3 cm³/mol. The molecule has 110 valence electrons. The van der Waals surface area contributed by atoms with Crippen LogP contribution in [0.2, 0.25) is 0 Å². The smallest absolute Gasteiger partial charge is 0.337 e. The van der Waals surface area contributed by atoms with Crippen LogP contribution in [-0.2, 0) is 0 Å². The summed E-state index contributed by atoms with van der Waals surface area (Å²) in [7, 11) is 1.57. The van der Waals surface area contributed by atoms with Gasteiger partial charge in [-0.1, -0.05) is 6.92 Å². The minimum Gasteiger partial charge on any atom is -0.492 e. The monoisotopic (exact) mass is 289 g/mol. The van der Waals surface area contributed by atoms with Crippen LogP contribution in [0.1, 0.15) is 13.3 Å². The van der Waals surface area contributed by atoms with E-state index in [0.29, 0.717) is 17.9 Å². The summed E-state index contributed by atoms with van der Waals surface area (Å²) < 4.78 is 5.48. The number of nitrogens with zero attached hydrogens (tertiary/aromatic N) is 4. The van der Waals surface area contributed by atoms with Gasteiger partial charge >= 0.3 is 5.69 Å². The molecule has 0 spiro atoms. The molecule has 0 atom stereocenters. The van der Waals surface area contributed by atoms with Crippen LogP contribution in [0.25, 0.3) is 11.3 Å². The molecule has 0 unspecified atom stereocenters. The highest BCUT2D eigenvalue weighted by molar-refractivity contribution is 5.76. The molecule has 0 saturated heterocycles. The lowest BCUT2D eigenvalue weighted by Gasteiger charge is -2.08. The first-order valence-electron chi connectivity index (χ1n) is 6.42. The van der Waals surface area contributed by atoms with E-state index in [0.717, 1.165) is 6.42 Å². The van der Waals surface area contributed by atoms with Gasteiger partial charge in [-0.3, -0.25) is 15.1 Å². The number of hydrogen-bond donors (Lipinski definition) is 1. The molecule has 0 aliphatic carbocycles. The predicted octanol–water partition coefficient (Wildman–Crippen LogP) is 2.28. The average Bonchev–Trinajstić information content (AvgIpc) is 2.52. The van der Waals surface area contributed by atoms with Crippen molar-refractivity contribution in [3.05, 3.63) is 34.9 Å². The first-order valence-corrected chi connectivity index (χ1v) is 6.42. The van der Waals surface area contributed by atoms with E-state index in [-0.39, 0.29) is 17.2 Å². The standard InChI is InChI=1S/C13H15N5O3/c1-3-4-21-10-5-9(6-15-7-10)11-12(18(19)20)13(14-2)17-8-16-11/h5-8H,3-4H2,1-2H3,(H,14,16,17). The molecule has 8 heteroatoms. The average molecular weight is 289 g/mol. The van der Waals surface area contributed by atoms with Crippen LogP contribution < -0.4 is 10.1 Å². The summed E-state index contributed by atoms with van der Waals surface area (Å²) in [6.45, 7) is 2.55. The molecule has 2 heterocycles. The summed E-state index contributed by atoms with van der Waals surface area (Å²) in [4.78, 5) is 22.7. The number of hydrogen-bond acceptors (Lipinski definition) is 7. The van der Waals surface area contributed by atoms with E-state index in [1.807, 2.05) is 6.92 Å². The van der Waals surface area contributed by atoms with E-state index < -0.39 is 4.92 Å². The number of nitro groups is 1. The lowest BCUT2D eigenvalue weighted by atomic mass is 10.1. The summed E-state index contributed by atoms with van der Waals surface area (Å²) >= 11 is 0. The Bertz CT molecular complexity index is 647. The third kappa shape index (κ3) is 3.22. The lowest BCUT2D eigenvalue weighted by Crippen LogP contribution is -2.03. The molecule has 0 bridgehead atoms. The molecule has 2 aromatic rings. The Balaban J connectivity index is 2.49. The molecule has 0 fully saturated rings. The second-order valence-corrected chi connectivity index (χ2v) is 4.18. The molecular formula is C13H15N5O3. The zero-order valence-corrected chi connectivity index (χ0v) is 11.7. The van der Waals surface area contributed by atoms with Crippen LogP contribution in [-0.4, -0.2) is 33.5 Å². The van der Waals surface area contributed by atoms with Gasteiger partial charge in [-0.2, -0.15) is 0 Å². The molecule has 2 rings (SSSR count). The molecule has 0 aliphatic heterocycles. The molecule has 0 radical (unpaired) electrons. The van der Waals surface area contributed by atoms with Gasteiger partial charge in [0.15, 0.2) is 5.69 Å². The number of ether oxygens (including phenoxy) is 1. The molecule has 0 aliphatic rings. The summed E-state index contributed by atoms with van der Waals surface area (Å²) in [5.74, 6) is 0.707. The highest BCUT2D eigenvalue weighted by atomic mass is 16.6. The molecule has 21 heavy (non-hydrogen) atoms. The lowest BCUT2D eigenvalue weighted by molar-refractivity contribution is -0.383. The maximum atomic E-state index is 11.3. The van der Waals surface area contributed by atoms with E-state index in [1.165, 1.54) is 12.5 Å². The minimum absolute atomic E-state index is 0.157. The molecule has 1 N–H and O–H groups in total. The quantitative estimate of drug-likeness (QED) is 0.642. The number of nitrogens with one attached hydrogen (secondary N) is 1. The Kier molecular flexibility index (Phi) is 4.60. The molecule has 0 amide bonds. The van der Waals surface area contributed by atoms with Gasteiger partial charge in [-0.15, -0.1) is 0 Å². The molecule has 0 aromatic carbocycles. The van der Waals surface area contributed by atoms with Gasteiger partial charge in [-0.05, 0) is 12.5 Å². The van der Waals surface area contributed by atoms with Crippen molar-refractivity contribution in [2.45, 2.75) is 13.3 Å². The summed E-state index contributed by atoms with van der Waals surface area (Å²) in [6.07, 6.45) is 5.20. The maximum absolute atomic E-state index is 11.3. The largest absolute Gasteiger partial charge is 0.492 e. The number of pyridine rings is 1. The van der Waals surface area contributed by atoms with Gasteiger partial charge in [0.05, 0.1) is 17.7 Å². The minimum atomic E-state index is -0.513. The SMILES string of the molecule is CCCOc1cncc(-c2ncnc(NC)c2[N+](=O)[O-])c1. The summed E-state index contributed by atoms with van der Waals surface area (Å²) in [6, 6.07) is 1.68.